The van der Waals surface area contributed by atoms with Crippen molar-refractivity contribution in [2.45, 2.75) is 6.42 Å². The Hall–Kier alpha value is -2.04. The van der Waals surface area contributed by atoms with Crippen molar-refractivity contribution in [3.8, 4) is 0 Å². The molecule has 1 aromatic carbocycles. The number of benzene rings is 1. The average Bonchev–Trinajstić information content (AvgIpc) is 2.39. The maximum absolute atomic E-state index is 12.0. The van der Waals surface area contributed by atoms with E-state index in [0.717, 1.165) is 5.69 Å². The first kappa shape index (κ1) is 14.0. The summed E-state index contributed by atoms with van der Waals surface area (Å²) >= 11 is 0. The molecule has 0 N–H and O–H groups in total. The third-order valence-electron chi connectivity index (χ3n) is 2.45. The Morgan fingerprint density at radius 1 is 1.17 bits per heavy atom. The highest BCUT2D eigenvalue weighted by atomic mass is 16.5. The lowest BCUT2D eigenvalue weighted by Gasteiger charge is -2.25. The predicted octanol–water partition coefficient (Wildman–Crippen LogP) is 1.74. The van der Waals surface area contributed by atoms with Crippen LogP contribution in [0.3, 0.4) is 0 Å². The lowest BCUT2D eigenvalue weighted by Crippen LogP contribution is -2.40. The molecule has 98 valence electrons. The predicted molar refractivity (Wildman–Crippen MR) is 69.5 cm³/mol. The van der Waals surface area contributed by atoms with E-state index in [-0.39, 0.29) is 18.4 Å². The third-order valence-corrected chi connectivity index (χ3v) is 2.45. The summed E-state index contributed by atoms with van der Waals surface area (Å²) in [4.78, 5) is 26.2. The quantitative estimate of drug-likeness (QED) is 0.765. The molecule has 0 saturated carbocycles. The van der Waals surface area contributed by atoms with Gasteiger partial charge in [-0.15, -0.1) is 0 Å². The molecule has 0 fully saturated rings. The molecule has 18 heavy (non-hydrogen) atoms. The molecule has 0 heterocycles. The van der Waals surface area contributed by atoms with Crippen LogP contribution < -0.4 is 4.90 Å². The number of anilines is 1. The fourth-order valence-electron chi connectivity index (χ4n) is 1.49. The Morgan fingerprint density at radius 2 is 1.78 bits per heavy atom. The average molecular weight is 250 g/mol. The summed E-state index contributed by atoms with van der Waals surface area (Å²) in [5.41, 5.74) is 0.764. The number of methoxy groups -OCH3 is 1. The number of hydrogen-bond donors (Lipinski definition) is 0. The minimum atomic E-state index is -0.331. The van der Waals surface area contributed by atoms with Crippen molar-refractivity contribution in [2.24, 2.45) is 0 Å². The minimum absolute atomic E-state index is 0.162. The van der Waals surface area contributed by atoms with E-state index < -0.39 is 0 Å². The molecule has 0 aliphatic heterocycles. The number of rotatable bonds is 4. The molecule has 0 aromatic heterocycles. The summed E-state index contributed by atoms with van der Waals surface area (Å²) in [5, 5.41) is 0. The second-order valence-electron chi connectivity index (χ2n) is 3.99. The van der Waals surface area contributed by atoms with Crippen molar-refractivity contribution in [1.29, 1.82) is 0 Å². The van der Waals surface area contributed by atoms with Crippen molar-refractivity contribution in [1.82, 2.24) is 4.90 Å². The summed E-state index contributed by atoms with van der Waals surface area (Å²) in [7, 11) is 4.69. The summed E-state index contributed by atoms with van der Waals surface area (Å²) < 4.78 is 4.59. The van der Waals surface area contributed by atoms with E-state index in [0.29, 0.717) is 6.54 Å². The molecular weight excluding hydrogens is 232 g/mol. The molecule has 1 rings (SSSR count). The van der Waals surface area contributed by atoms with Gasteiger partial charge in [0.15, 0.2) is 0 Å². The first-order valence-electron chi connectivity index (χ1n) is 5.67. The molecule has 2 amide bonds. The maximum atomic E-state index is 12.0. The van der Waals surface area contributed by atoms with Gasteiger partial charge in [0.1, 0.15) is 0 Å². The molecule has 0 unspecified atom stereocenters. The molecule has 0 saturated heterocycles. The van der Waals surface area contributed by atoms with E-state index in [1.54, 1.807) is 19.0 Å². The number of urea groups is 1. The van der Waals surface area contributed by atoms with Crippen LogP contribution in [0.4, 0.5) is 10.5 Å². The molecular formula is C13H18N2O3. The van der Waals surface area contributed by atoms with Crippen molar-refractivity contribution < 1.29 is 14.3 Å². The highest BCUT2D eigenvalue weighted by Gasteiger charge is 2.18. The van der Waals surface area contributed by atoms with Crippen molar-refractivity contribution in [3.05, 3.63) is 30.3 Å². The summed E-state index contributed by atoms with van der Waals surface area (Å²) in [5.74, 6) is -0.331. The van der Waals surface area contributed by atoms with Crippen molar-refractivity contribution >= 4 is 17.7 Å². The Labute approximate surface area is 107 Å². The zero-order valence-corrected chi connectivity index (χ0v) is 10.9. The van der Waals surface area contributed by atoms with Crippen molar-refractivity contribution in [3.63, 3.8) is 0 Å². The smallest absolute Gasteiger partial charge is 0.323 e. The number of para-hydroxylation sites is 1. The van der Waals surface area contributed by atoms with Gasteiger partial charge in [-0.3, -0.25) is 9.69 Å². The minimum Gasteiger partial charge on any atom is -0.469 e. The number of ether oxygens (including phenoxy) is 1. The Balaban J connectivity index is 2.83. The normalized spacial score (nSPS) is 9.72. The monoisotopic (exact) mass is 250 g/mol. The number of carbonyl (C=O) groups is 2. The lowest BCUT2D eigenvalue weighted by molar-refractivity contribution is -0.140. The first-order chi connectivity index (χ1) is 8.56. The number of hydrogen-bond acceptors (Lipinski definition) is 3. The molecule has 0 bridgehead atoms. The van der Waals surface area contributed by atoms with Crippen LogP contribution in [0.25, 0.3) is 0 Å². The Morgan fingerprint density at radius 3 is 2.28 bits per heavy atom. The van der Waals surface area contributed by atoms with E-state index >= 15 is 0 Å². The molecule has 0 aliphatic rings. The van der Waals surface area contributed by atoms with Gasteiger partial charge in [0.2, 0.25) is 0 Å². The van der Waals surface area contributed by atoms with Gasteiger partial charge < -0.3 is 9.64 Å². The second-order valence-corrected chi connectivity index (χ2v) is 3.99. The van der Waals surface area contributed by atoms with Crippen LogP contribution in [-0.4, -0.2) is 44.7 Å². The summed E-state index contributed by atoms with van der Waals surface area (Å²) in [6.07, 6.45) is 0.172. The maximum Gasteiger partial charge on any atom is 0.323 e. The lowest BCUT2D eigenvalue weighted by atomic mass is 10.2. The molecule has 0 radical (unpaired) electrons. The number of carbonyl (C=O) groups excluding carboxylic acids is 2. The van der Waals surface area contributed by atoms with Gasteiger partial charge in [-0.2, -0.15) is 0 Å². The van der Waals surface area contributed by atoms with Gasteiger partial charge in [0, 0.05) is 26.3 Å². The van der Waals surface area contributed by atoms with Crippen LogP contribution in [0.15, 0.2) is 30.3 Å². The van der Waals surface area contributed by atoms with Crippen LogP contribution in [-0.2, 0) is 9.53 Å². The van der Waals surface area contributed by atoms with Crippen LogP contribution in [0.1, 0.15) is 6.42 Å². The molecule has 0 spiro atoms. The standard InChI is InChI=1S/C13H18N2O3/c1-14(2)13(17)15(10-9-12(16)18-3)11-7-5-4-6-8-11/h4-8H,9-10H2,1-3H3. The molecule has 5 nitrogen and oxygen atoms in total. The van der Waals surface area contributed by atoms with Crippen LogP contribution in [0.5, 0.6) is 0 Å². The van der Waals surface area contributed by atoms with Gasteiger partial charge in [-0.25, -0.2) is 4.79 Å². The van der Waals surface area contributed by atoms with Gasteiger partial charge in [-0.05, 0) is 12.1 Å². The van der Waals surface area contributed by atoms with Gasteiger partial charge in [0.05, 0.1) is 13.5 Å². The van der Waals surface area contributed by atoms with E-state index in [4.69, 9.17) is 0 Å². The number of amides is 2. The molecule has 1 aromatic rings. The van der Waals surface area contributed by atoms with E-state index in [9.17, 15) is 9.59 Å². The molecule has 0 atom stereocenters. The van der Waals surface area contributed by atoms with Crippen molar-refractivity contribution in [2.75, 3.05) is 32.6 Å². The Kier molecular flexibility index (Phi) is 5.17. The third kappa shape index (κ3) is 3.76. The molecule has 5 heteroatoms. The van der Waals surface area contributed by atoms with Crippen LogP contribution >= 0.6 is 0 Å². The zero-order chi connectivity index (χ0) is 13.5. The SMILES string of the molecule is COC(=O)CCN(C(=O)N(C)C)c1ccccc1. The molecule has 0 aliphatic carbocycles. The number of esters is 1. The van der Waals surface area contributed by atoms with Gasteiger partial charge in [0.25, 0.3) is 0 Å². The van der Waals surface area contributed by atoms with Gasteiger partial charge in [-0.1, -0.05) is 18.2 Å². The van der Waals surface area contributed by atoms with Crippen LogP contribution in [0.2, 0.25) is 0 Å². The fraction of sp³-hybridized carbons (Fsp3) is 0.385. The largest absolute Gasteiger partial charge is 0.469 e. The first-order valence-corrected chi connectivity index (χ1v) is 5.67. The highest BCUT2D eigenvalue weighted by molar-refractivity contribution is 5.92. The van der Waals surface area contributed by atoms with Gasteiger partial charge >= 0.3 is 12.0 Å². The summed E-state index contributed by atoms with van der Waals surface area (Å²) in [6, 6.07) is 9.08. The fourth-order valence-corrected chi connectivity index (χ4v) is 1.49. The number of nitrogens with zero attached hydrogens (tertiary/aromatic N) is 2. The summed E-state index contributed by atoms with van der Waals surface area (Å²) in [6.45, 7) is 0.299. The highest BCUT2D eigenvalue weighted by Crippen LogP contribution is 2.15. The van der Waals surface area contributed by atoms with E-state index in [1.165, 1.54) is 12.0 Å². The van der Waals surface area contributed by atoms with E-state index in [2.05, 4.69) is 4.74 Å². The Bertz CT molecular complexity index is 404. The topological polar surface area (TPSA) is 49.9 Å². The zero-order valence-electron chi connectivity index (χ0n) is 10.9. The van der Waals surface area contributed by atoms with E-state index in [1.807, 2.05) is 30.3 Å². The second kappa shape index (κ2) is 6.64. The van der Waals surface area contributed by atoms with Crippen LogP contribution in [0, 0.1) is 0 Å².